The second-order valence-corrected chi connectivity index (χ2v) is 2.97. The molecule has 0 N–H and O–H groups in total. The number of benzene rings is 1. The number of aryl methyl sites for hydroxylation is 2. The summed E-state index contributed by atoms with van der Waals surface area (Å²) in [6.45, 7) is 4.39. The summed E-state index contributed by atoms with van der Waals surface area (Å²) in [6.07, 6.45) is 0.944. The first-order valence-electron chi connectivity index (χ1n) is 4.31. The molecule has 13 heavy (non-hydrogen) atoms. The molecule has 1 aromatic rings. The van der Waals surface area contributed by atoms with Crippen LogP contribution in [0.15, 0.2) is 23.5 Å². The summed E-state index contributed by atoms with van der Waals surface area (Å²) in [6, 6.07) is 6.07. The van der Waals surface area contributed by atoms with Gasteiger partial charge in [0.2, 0.25) is 0 Å². The third kappa shape index (κ3) is 2.54. The Morgan fingerprint density at radius 2 is 2.15 bits per heavy atom. The van der Waals surface area contributed by atoms with Crippen molar-refractivity contribution in [1.29, 1.82) is 0 Å². The van der Waals surface area contributed by atoms with E-state index in [1.807, 2.05) is 19.1 Å². The molecule has 0 aliphatic carbocycles. The van der Waals surface area contributed by atoms with Crippen molar-refractivity contribution < 1.29 is 4.84 Å². The molecule has 0 bridgehead atoms. The maximum absolute atomic E-state index is 9.77. The lowest BCUT2D eigenvalue weighted by molar-refractivity contribution is 0.125. The molecule has 3 nitrogen and oxygen atoms in total. The highest BCUT2D eigenvalue weighted by Crippen LogP contribution is 2.13. The molecule has 0 saturated heterocycles. The van der Waals surface area contributed by atoms with Crippen molar-refractivity contribution in [1.82, 2.24) is 0 Å². The smallest absolute Gasteiger partial charge is 0.155 e. The van der Waals surface area contributed by atoms with Gasteiger partial charge < -0.3 is 4.84 Å². The van der Waals surface area contributed by atoms with Crippen LogP contribution < -0.4 is 0 Å². The number of rotatable bonds is 4. The predicted molar refractivity (Wildman–Crippen MR) is 51.1 cm³/mol. The lowest BCUT2D eigenvalue weighted by Crippen LogP contribution is -1.94. The fourth-order valence-corrected chi connectivity index (χ4v) is 1.32. The van der Waals surface area contributed by atoms with Gasteiger partial charge in [0.25, 0.3) is 0 Å². The van der Waals surface area contributed by atoms with E-state index in [2.05, 4.69) is 23.2 Å². The molecule has 3 heteroatoms. The summed E-state index contributed by atoms with van der Waals surface area (Å²) >= 11 is 0. The normalized spacial score (nSPS) is 9.69. The van der Waals surface area contributed by atoms with Gasteiger partial charge in [0, 0.05) is 0 Å². The molecule has 0 fully saturated rings. The average Bonchev–Trinajstić information content (AvgIpc) is 2.16. The Morgan fingerprint density at radius 1 is 1.38 bits per heavy atom. The zero-order valence-corrected chi connectivity index (χ0v) is 7.91. The van der Waals surface area contributed by atoms with E-state index in [1.165, 1.54) is 11.1 Å². The molecule has 0 amide bonds. The predicted octanol–water partition coefficient (Wildman–Crippen LogP) is 2.76. The molecule has 0 unspecified atom stereocenters. The molecule has 0 radical (unpaired) electrons. The fraction of sp³-hybridized carbons (Fsp3) is 0.400. The minimum absolute atomic E-state index is 0.271. The van der Waals surface area contributed by atoms with E-state index in [1.54, 1.807) is 0 Å². The summed E-state index contributed by atoms with van der Waals surface area (Å²) < 4.78 is 0. The molecule has 1 rings (SSSR count). The zero-order valence-electron chi connectivity index (χ0n) is 7.91. The van der Waals surface area contributed by atoms with E-state index in [9.17, 15) is 4.91 Å². The molecule has 0 atom stereocenters. The van der Waals surface area contributed by atoms with E-state index >= 15 is 0 Å². The van der Waals surface area contributed by atoms with Gasteiger partial charge >= 0.3 is 0 Å². The van der Waals surface area contributed by atoms with Crippen LogP contribution in [-0.2, 0) is 17.9 Å². The highest BCUT2D eigenvalue weighted by atomic mass is 16.7. The summed E-state index contributed by atoms with van der Waals surface area (Å²) in [5.41, 5.74) is 3.47. The lowest BCUT2D eigenvalue weighted by atomic mass is 10.0. The summed E-state index contributed by atoms with van der Waals surface area (Å²) in [4.78, 5) is 14.2. The second-order valence-electron chi connectivity index (χ2n) is 2.97. The fourth-order valence-electron chi connectivity index (χ4n) is 1.32. The van der Waals surface area contributed by atoms with Crippen molar-refractivity contribution in [3.63, 3.8) is 0 Å². The van der Waals surface area contributed by atoms with E-state index in [0.29, 0.717) is 0 Å². The molecule has 0 aliphatic heterocycles. The number of hydrogen-bond acceptors (Lipinski definition) is 3. The molecular weight excluding hydrogens is 166 g/mol. The molecule has 0 spiro atoms. The largest absolute Gasteiger partial charge is 0.359 e. The highest BCUT2D eigenvalue weighted by Gasteiger charge is 2.01. The van der Waals surface area contributed by atoms with Crippen molar-refractivity contribution in [3.8, 4) is 0 Å². The van der Waals surface area contributed by atoms with Gasteiger partial charge in [0.15, 0.2) is 5.34 Å². The van der Waals surface area contributed by atoms with Gasteiger partial charge in [-0.1, -0.05) is 30.7 Å². The van der Waals surface area contributed by atoms with Crippen LogP contribution in [0.5, 0.6) is 0 Å². The van der Waals surface area contributed by atoms with Gasteiger partial charge in [0.1, 0.15) is 6.61 Å². The van der Waals surface area contributed by atoms with Crippen LogP contribution >= 0.6 is 0 Å². The van der Waals surface area contributed by atoms with Crippen molar-refractivity contribution in [2.24, 2.45) is 5.34 Å². The first kappa shape index (κ1) is 9.71. The van der Waals surface area contributed by atoms with Gasteiger partial charge in [-0.3, -0.25) is 0 Å². The van der Waals surface area contributed by atoms with Gasteiger partial charge in [-0.2, -0.15) is 0 Å². The van der Waals surface area contributed by atoms with Crippen molar-refractivity contribution in [2.45, 2.75) is 26.9 Å². The Balaban J connectivity index is 2.85. The first-order valence-corrected chi connectivity index (χ1v) is 4.31. The maximum atomic E-state index is 9.77. The van der Waals surface area contributed by atoms with Crippen molar-refractivity contribution in [2.75, 3.05) is 0 Å². The lowest BCUT2D eigenvalue weighted by Gasteiger charge is -2.06. The Morgan fingerprint density at radius 3 is 2.77 bits per heavy atom. The first-order chi connectivity index (χ1) is 6.27. The Bertz CT molecular complexity index is 297. The van der Waals surface area contributed by atoms with E-state index in [0.717, 1.165) is 12.0 Å². The second kappa shape index (κ2) is 4.60. The van der Waals surface area contributed by atoms with Gasteiger partial charge in [0.05, 0.1) is 0 Å². The summed E-state index contributed by atoms with van der Waals surface area (Å²) in [5, 5.41) is 2.38. The Labute approximate surface area is 77.7 Å². The standard InChI is InChI=1S/C10H13NO2/c1-3-9-6-8(2)4-5-10(9)7-13-11-12/h4-6H,3,7H2,1-2H3. The molecule has 1 aromatic carbocycles. The van der Waals surface area contributed by atoms with Crippen LogP contribution in [0.25, 0.3) is 0 Å². The van der Waals surface area contributed by atoms with Gasteiger partial charge in [-0.15, -0.1) is 4.91 Å². The van der Waals surface area contributed by atoms with Crippen LogP contribution in [0.3, 0.4) is 0 Å². The Hall–Kier alpha value is -1.38. The third-order valence-corrected chi connectivity index (χ3v) is 2.02. The molecule has 0 heterocycles. The van der Waals surface area contributed by atoms with Gasteiger partial charge in [-0.05, 0) is 24.5 Å². The molecule has 70 valence electrons. The van der Waals surface area contributed by atoms with E-state index in [4.69, 9.17) is 0 Å². The van der Waals surface area contributed by atoms with Crippen LogP contribution in [-0.4, -0.2) is 0 Å². The molecular formula is C10H13NO2. The number of hydrogen-bond donors (Lipinski definition) is 0. The minimum atomic E-state index is 0.271. The van der Waals surface area contributed by atoms with Crippen LogP contribution in [0.4, 0.5) is 0 Å². The minimum Gasteiger partial charge on any atom is -0.359 e. The van der Waals surface area contributed by atoms with Crippen LogP contribution in [0.1, 0.15) is 23.6 Å². The summed E-state index contributed by atoms with van der Waals surface area (Å²) in [5.74, 6) is 0. The zero-order chi connectivity index (χ0) is 9.68. The highest BCUT2D eigenvalue weighted by molar-refractivity contribution is 5.30. The molecule has 0 aliphatic rings. The monoisotopic (exact) mass is 179 g/mol. The van der Waals surface area contributed by atoms with Crippen LogP contribution in [0.2, 0.25) is 0 Å². The number of nitrogens with zero attached hydrogens (tertiary/aromatic N) is 1. The third-order valence-electron chi connectivity index (χ3n) is 2.02. The van der Waals surface area contributed by atoms with Crippen LogP contribution in [0, 0.1) is 11.8 Å². The quantitative estimate of drug-likeness (QED) is 0.526. The van der Waals surface area contributed by atoms with Crippen molar-refractivity contribution >= 4 is 0 Å². The molecule has 0 saturated carbocycles. The molecule has 0 aromatic heterocycles. The topological polar surface area (TPSA) is 38.7 Å². The van der Waals surface area contributed by atoms with Gasteiger partial charge in [-0.25, -0.2) is 0 Å². The van der Waals surface area contributed by atoms with Crippen molar-refractivity contribution in [3.05, 3.63) is 39.8 Å². The Kier molecular flexibility index (Phi) is 3.43. The average molecular weight is 179 g/mol. The maximum Gasteiger partial charge on any atom is 0.155 e. The SMILES string of the molecule is CCc1cc(C)ccc1CON=O. The van der Waals surface area contributed by atoms with E-state index in [-0.39, 0.29) is 6.61 Å². The summed E-state index contributed by atoms with van der Waals surface area (Å²) in [7, 11) is 0. The van der Waals surface area contributed by atoms with E-state index < -0.39 is 0 Å².